The molecule has 6 saturated heterocycles. The van der Waals surface area contributed by atoms with Crippen molar-refractivity contribution < 1.29 is 97.2 Å². The molecule has 0 aromatic rings. The van der Waals surface area contributed by atoms with Gasteiger partial charge in [-0.05, 0) is 194 Å². The number of nitrogens with two attached hydrogens (primary N) is 2. The summed E-state index contributed by atoms with van der Waals surface area (Å²) < 4.78 is 81.1. The highest BCUT2D eigenvalue weighted by Crippen LogP contribution is 2.67. The minimum Gasteiger partial charge on any atom is -0.363 e. The van der Waals surface area contributed by atoms with Gasteiger partial charge in [0.1, 0.15) is 36.3 Å². The predicted octanol–water partition coefficient (Wildman–Crippen LogP) is 6.73. The largest absolute Gasteiger partial charge is 0.363 e. The van der Waals surface area contributed by atoms with Crippen LogP contribution in [0.4, 0.5) is 14.4 Å². The van der Waals surface area contributed by atoms with Crippen molar-refractivity contribution in [3.8, 4) is 0 Å². The molecule has 42 heteroatoms. The number of hydrogen-bond acceptors (Lipinski definition) is 21. The molecule has 0 aromatic heterocycles. The van der Waals surface area contributed by atoms with Crippen molar-refractivity contribution in [2.75, 3.05) is 82.7 Å². The number of likely N-dealkylation sites (tertiary alicyclic amines) is 3. The third kappa shape index (κ3) is 28.0. The van der Waals surface area contributed by atoms with E-state index >= 15 is 0 Å². The topological polar surface area (TPSA) is 550 Å². The number of Topliss-reactive ketones (excluding diaryl/α,β-unsaturated/α-hetero) is 3. The Bertz CT molecular complexity index is 5130. The number of fused-ring (bicyclic) bond motifs is 3. The first-order valence-corrected chi connectivity index (χ1v) is 59.6. The monoisotopic (exact) mass is 2110 g/mol. The van der Waals surface area contributed by atoms with E-state index in [1.807, 2.05) is 69.2 Å². The Morgan fingerprint density at radius 3 is 1.04 bits per heavy atom. The van der Waals surface area contributed by atoms with E-state index in [4.69, 9.17) is 11.5 Å². The molecule has 0 radical (unpaired) electrons. The number of rotatable bonds is 38. The average molecular weight is 2110 g/mol. The second kappa shape index (κ2) is 47.3. The second-order valence-electron chi connectivity index (χ2n) is 49.9. The maximum atomic E-state index is 14.6. The van der Waals surface area contributed by atoms with E-state index in [-0.39, 0.29) is 124 Å². The first kappa shape index (κ1) is 116. The van der Waals surface area contributed by atoms with E-state index in [1.165, 1.54) is 17.8 Å². The van der Waals surface area contributed by atoms with E-state index in [1.54, 1.807) is 16.7 Å². The Balaban J connectivity index is 0.000000195. The maximum Gasteiger partial charge on any atom is 0.315 e. The van der Waals surface area contributed by atoms with Crippen molar-refractivity contribution in [1.29, 1.82) is 0 Å². The van der Waals surface area contributed by atoms with Gasteiger partial charge in [-0.3, -0.25) is 57.5 Å². The number of piperidine rings is 3. The molecule has 18 atom stereocenters. The Labute approximate surface area is 866 Å². The van der Waals surface area contributed by atoms with Crippen LogP contribution in [-0.2, 0) is 87.6 Å². The zero-order chi connectivity index (χ0) is 107. The van der Waals surface area contributed by atoms with Crippen molar-refractivity contribution >= 4 is 119 Å². The smallest absolute Gasteiger partial charge is 0.315 e. The van der Waals surface area contributed by atoms with Crippen LogP contribution in [0.15, 0.2) is 0 Å². The number of ketones is 3. The molecule has 14 fully saturated rings. The highest BCUT2D eigenvalue weighted by atomic mass is 32.2. The van der Waals surface area contributed by atoms with Gasteiger partial charge in [0, 0.05) is 83.6 Å². The first-order chi connectivity index (χ1) is 68.3. The fourth-order valence-electron chi connectivity index (χ4n) is 25.4. The van der Waals surface area contributed by atoms with Gasteiger partial charge in [-0.15, -0.1) is 0 Å². The summed E-state index contributed by atoms with van der Waals surface area (Å²) in [6.45, 7) is 36.2. The van der Waals surface area contributed by atoms with E-state index in [0.717, 1.165) is 148 Å². The number of nitrogens with one attached hydrogen (secondary N) is 10. The summed E-state index contributed by atoms with van der Waals surface area (Å²) in [5, 5.41) is 29.0. The van der Waals surface area contributed by atoms with Crippen molar-refractivity contribution in [1.82, 2.24) is 80.8 Å². The van der Waals surface area contributed by atoms with Gasteiger partial charge in [-0.2, -0.15) is 12.9 Å². The number of primary amides is 2. The van der Waals surface area contributed by atoms with E-state index in [9.17, 15) is 97.2 Å². The summed E-state index contributed by atoms with van der Waals surface area (Å²) in [5.74, 6) is -7.08. The molecule has 0 bridgehead atoms. The summed E-state index contributed by atoms with van der Waals surface area (Å²) in [6.07, 6.45) is 24.8. The van der Waals surface area contributed by atoms with Crippen LogP contribution >= 0.6 is 0 Å². The van der Waals surface area contributed by atoms with Crippen LogP contribution in [0.1, 0.15) is 310 Å². The van der Waals surface area contributed by atoms with Crippen molar-refractivity contribution in [2.45, 2.75) is 383 Å². The highest BCUT2D eigenvalue weighted by molar-refractivity contribution is 7.89. The van der Waals surface area contributed by atoms with Gasteiger partial charge in [-0.1, -0.05) is 214 Å². The number of urea groups is 3. The molecule has 14 rings (SSSR count). The van der Waals surface area contributed by atoms with E-state index in [2.05, 4.69) is 94.7 Å². The molecule has 8 saturated carbocycles. The minimum absolute atomic E-state index is 0.0701. The van der Waals surface area contributed by atoms with Crippen molar-refractivity contribution in [3.63, 3.8) is 0 Å². The standard InChI is InChI=1S/C35H58N6O7S.C35H60N6O7S.C34H56N6O7S/c1-34(2,3)29(39-33(46)38-25(22-14-7-6-8-15-22)20-40-16-9-10-17-49(40,47)48)32(45)41-19-23-26(35(23,4)5)27(41)31(44)37-24(28(42)30(36)43)18-21-12-11-13-21;1-8-10-17-24(29(42)31(44)36-9-2)37-30(43)28-26-23(35(26,6)7)20-41(28)32(45)27(22-15-12-11-13-16-22)39-33(46)38-25(34(3,4)5)21-40-18-14-19-49(40,47)48;1-33(2,3)28(38-32(45)37-24(21-11-7-6-8-12-21)19-39-15-9-10-16-48(39,46)47)31(44)40-18-22-25(34(22,4)5)26(40)30(43)36-23(17-20-13-14-20)27(41)29(35)42/h21-27,29H,6-20H2,1-5H3,(H2,36,43)(H,37,44)(H2,38,39,46);22-28H,8-21H2,1-7H3,(H,36,44)(H,37,43)(H2,38,39,46);20-26,28H,6-19H2,1-5H3,(H2,35,42)(H,36,43)(H2,37,38,45)/t23-,24?,25+,26-,27-,29+;23-,24?,25+,26-,27-,28-;22-,23?,24+,25-,26-,28+/m000/s1. The zero-order valence-electron chi connectivity index (χ0n) is 89.8. The molecule has 824 valence electrons. The van der Waals surface area contributed by atoms with Crippen molar-refractivity contribution in [2.24, 2.45) is 109 Å². The molecular weight excluding hydrogens is 1930 g/mol. The van der Waals surface area contributed by atoms with Gasteiger partial charge in [0.2, 0.25) is 82.9 Å². The molecule has 6 heterocycles. The lowest BCUT2D eigenvalue weighted by atomic mass is 9.80. The van der Waals surface area contributed by atoms with Gasteiger partial charge in [-0.25, -0.2) is 39.6 Å². The fraction of sp³-hybridized carbons (Fsp3) is 0.856. The van der Waals surface area contributed by atoms with Crippen LogP contribution in [-0.4, -0.2) is 297 Å². The second-order valence-corrected chi connectivity index (χ2v) is 56.2. The number of sulfonamides is 3. The number of likely N-dealkylation sites (N-methyl/N-ethyl adjacent to an activating group) is 1. The summed E-state index contributed by atoms with van der Waals surface area (Å²) in [5.41, 5.74) is 8.17. The third-order valence-corrected chi connectivity index (χ3v) is 41.1. The number of unbranched alkanes of at least 4 members (excludes halogenated alkanes) is 1. The lowest BCUT2D eigenvalue weighted by Crippen LogP contribution is -2.62. The predicted molar refractivity (Wildman–Crippen MR) is 550 cm³/mol. The van der Waals surface area contributed by atoms with Gasteiger partial charge in [0.15, 0.2) is 0 Å². The van der Waals surface area contributed by atoms with E-state index in [0.29, 0.717) is 90.8 Å². The molecule has 8 aliphatic carbocycles. The third-order valence-electron chi connectivity index (χ3n) is 35.3. The first-order valence-electron chi connectivity index (χ1n) is 54.7. The van der Waals surface area contributed by atoms with Crippen molar-refractivity contribution in [3.05, 3.63) is 0 Å². The Morgan fingerprint density at radius 2 is 0.712 bits per heavy atom. The molecule has 14 N–H and O–H groups in total. The Kier molecular flexibility index (Phi) is 37.8. The molecule has 14 aliphatic rings. The molecule has 39 nitrogen and oxygen atoms in total. The normalized spacial score (nSPS) is 28.0. The number of nitrogens with zero attached hydrogens (tertiary/aromatic N) is 6. The fourth-order valence-corrected chi connectivity index (χ4v) is 30.2. The number of hydrogen-bond donors (Lipinski definition) is 12. The van der Waals surface area contributed by atoms with Crippen LogP contribution < -0.4 is 64.6 Å². The SMILES string of the molecule is CC(C)(C)[C@H](NC(=O)N[C@H](CN1CCCCS1(=O)=O)C1CCCCC1)C(=O)N1C[C@H]2[C@@H]([C@H]1C(=O)NC(CC1CC1)C(=O)C(N)=O)C2(C)C.CC(C)(C)[C@H](NC(=O)N[C@H](CN1CCCCS1(=O)=O)C1CCCCC1)C(=O)N1C[C@H]2[C@@H]([C@H]1C(=O)NC(CC1CCC1)C(=O)C(N)=O)C2(C)C.CCCCC(NC(=O)[C@@H]1[C@@H]2[C@H](CN1C(=O)[C@@H](NC(=O)N[C@H](CN1CCCS1(=O)=O)C(C)(C)C)C1CCCCC1)C2(C)C)C(=O)C(=O)NCC. The molecule has 146 heavy (non-hydrogen) atoms. The van der Waals surface area contributed by atoms with Crippen LogP contribution in [0.25, 0.3) is 0 Å². The average Bonchev–Trinajstić information content (AvgIpc) is 1.53. The molecule has 3 unspecified atom stereocenters. The van der Waals surface area contributed by atoms with Gasteiger partial charge >= 0.3 is 18.1 Å². The minimum atomic E-state index is -3.40. The van der Waals surface area contributed by atoms with Gasteiger partial charge < -0.3 is 79.3 Å². The summed E-state index contributed by atoms with van der Waals surface area (Å²) in [7, 11) is -10.2. The summed E-state index contributed by atoms with van der Waals surface area (Å²) >= 11 is 0. The van der Waals surface area contributed by atoms with Crippen LogP contribution in [0.2, 0.25) is 0 Å². The Morgan fingerprint density at radius 1 is 0.363 bits per heavy atom. The van der Waals surface area contributed by atoms with Crippen LogP contribution in [0.5, 0.6) is 0 Å². The molecule has 0 spiro atoms. The lowest BCUT2D eigenvalue weighted by molar-refractivity contribution is -0.145. The zero-order valence-corrected chi connectivity index (χ0v) is 92.3. The maximum absolute atomic E-state index is 14.6. The summed E-state index contributed by atoms with van der Waals surface area (Å²) in [4.78, 5) is 206. The van der Waals surface area contributed by atoms with Crippen LogP contribution in [0.3, 0.4) is 0 Å². The molecular formula is C104H174N18O21S3. The van der Waals surface area contributed by atoms with E-state index < -0.39 is 202 Å². The number of carbonyl (C=O) groups is 15. The van der Waals surface area contributed by atoms with Crippen LogP contribution in [0, 0.1) is 97.6 Å². The van der Waals surface area contributed by atoms with Gasteiger partial charge in [0.05, 0.1) is 35.4 Å². The number of carbonyl (C=O) groups excluding carboxylic acids is 15. The van der Waals surface area contributed by atoms with Gasteiger partial charge in [0.25, 0.3) is 17.7 Å². The molecule has 0 aromatic carbocycles. The quantitative estimate of drug-likeness (QED) is 0.0285. The number of amides is 15. The molecule has 15 amide bonds. The lowest BCUT2D eigenvalue weighted by Gasteiger charge is -2.39. The summed E-state index contributed by atoms with van der Waals surface area (Å²) in [6, 6.07) is -11.5. The highest BCUT2D eigenvalue weighted by Gasteiger charge is 2.73. The molecule has 6 aliphatic heterocycles. The Hall–Kier alpha value is -8.22.